The van der Waals surface area contributed by atoms with Gasteiger partial charge >= 0.3 is 0 Å². The molecule has 1 amide bonds. The van der Waals surface area contributed by atoms with Crippen LogP contribution in [0.5, 0.6) is 0 Å². The second-order valence-electron chi connectivity index (χ2n) is 4.85. The SMILES string of the molecule is CC(C)c1ccc(NC(=O)c2sccc2C#CCO)cc1. The zero-order valence-corrected chi connectivity index (χ0v) is 12.8. The molecule has 3 nitrogen and oxygen atoms in total. The Bertz CT molecular complexity index is 675. The van der Waals surface area contributed by atoms with Gasteiger partial charge in [-0.1, -0.05) is 37.8 Å². The summed E-state index contributed by atoms with van der Waals surface area (Å²) >= 11 is 1.34. The number of aliphatic hydroxyl groups is 1. The second-order valence-corrected chi connectivity index (χ2v) is 5.77. The van der Waals surface area contributed by atoms with Crippen molar-refractivity contribution in [1.82, 2.24) is 0 Å². The van der Waals surface area contributed by atoms with Gasteiger partial charge in [-0.15, -0.1) is 11.3 Å². The first-order valence-electron chi connectivity index (χ1n) is 6.70. The first-order chi connectivity index (χ1) is 10.1. The third kappa shape index (κ3) is 3.94. The average Bonchev–Trinajstić information content (AvgIpc) is 2.94. The van der Waals surface area contributed by atoms with Gasteiger partial charge in [-0.25, -0.2) is 0 Å². The fourth-order valence-corrected chi connectivity index (χ4v) is 2.60. The molecular weight excluding hydrogens is 282 g/mol. The second kappa shape index (κ2) is 7.07. The number of amides is 1. The number of thiophene rings is 1. The van der Waals surface area contributed by atoms with E-state index in [2.05, 4.69) is 31.0 Å². The van der Waals surface area contributed by atoms with Gasteiger partial charge in [0.25, 0.3) is 5.91 Å². The van der Waals surface area contributed by atoms with Crippen LogP contribution in [0, 0.1) is 11.8 Å². The minimum absolute atomic E-state index is 0.176. The lowest BCUT2D eigenvalue weighted by Gasteiger charge is -2.08. The number of hydrogen-bond donors (Lipinski definition) is 2. The van der Waals surface area contributed by atoms with Gasteiger partial charge in [0.1, 0.15) is 11.5 Å². The van der Waals surface area contributed by atoms with Crippen molar-refractivity contribution in [2.45, 2.75) is 19.8 Å². The molecule has 0 spiro atoms. The summed E-state index contributed by atoms with van der Waals surface area (Å²) in [6, 6.07) is 9.62. The number of benzene rings is 1. The minimum Gasteiger partial charge on any atom is -0.384 e. The molecule has 1 heterocycles. The van der Waals surface area contributed by atoms with Crippen LogP contribution in [0.25, 0.3) is 0 Å². The highest BCUT2D eigenvalue weighted by molar-refractivity contribution is 7.12. The standard InChI is InChI=1S/C17H17NO2S/c1-12(2)13-5-7-15(8-6-13)18-17(20)16-14(4-3-10-19)9-11-21-16/h5-9,11-12,19H,10H2,1-2H3,(H,18,20). The Morgan fingerprint density at radius 2 is 2.00 bits per heavy atom. The Morgan fingerprint density at radius 1 is 1.29 bits per heavy atom. The van der Waals surface area contributed by atoms with Crippen molar-refractivity contribution in [2.24, 2.45) is 0 Å². The molecule has 0 saturated heterocycles. The summed E-state index contributed by atoms with van der Waals surface area (Å²) < 4.78 is 0. The predicted octanol–water partition coefficient (Wildman–Crippen LogP) is 3.47. The fourth-order valence-electron chi connectivity index (χ4n) is 1.86. The molecule has 1 aromatic heterocycles. The van der Waals surface area contributed by atoms with Crippen LogP contribution in [0.15, 0.2) is 35.7 Å². The molecule has 2 aromatic rings. The lowest BCUT2D eigenvalue weighted by atomic mass is 10.0. The van der Waals surface area contributed by atoms with Crippen molar-refractivity contribution in [3.8, 4) is 11.8 Å². The Balaban J connectivity index is 2.13. The highest BCUT2D eigenvalue weighted by Gasteiger charge is 2.12. The Hall–Kier alpha value is -2.09. The van der Waals surface area contributed by atoms with Crippen molar-refractivity contribution >= 4 is 22.9 Å². The van der Waals surface area contributed by atoms with Gasteiger partial charge in [-0.2, -0.15) is 0 Å². The largest absolute Gasteiger partial charge is 0.384 e. The maximum absolute atomic E-state index is 12.2. The van der Waals surface area contributed by atoms with E-state index in [1.807, 2.05) is 29.6 Å². The number of nitrogens with one attached hydrogen (secondary N) is 1. The third-order valence-corrected chi connectivity index (χ3v) is 3.92. The van der Waals surface area contributed by atoms with Crippen LogP contribution >= 0.6 is 11.3 Å². The summed E-state index contributed by atoms with van der Waals surface area (Å²) in [5.74, 6) is 5.63. The van der Waals surface area contributed by atoms with E-state index in [0.717, 1.165) is 5.69 Å². The molecule has 108 valence electrons. The van der Waals surface area contributed by atoms with Gasteiger partial charge in [0.15, 0.2) is 0 Å². The zero-order chi connectivity index (χ0) is 15.2. The Labute approximate surface area is 128 Å². The molecule has 0 bridgehead atoms. The summed E-state index contributed by atoms with van der Waals surface area (Å²) in [4.78, 5) is 12.8. The van der Waals surface area contributed by atoms with Crippen LogP contribution < -0.4 is 5.32 Å². The molecule has 0 aliphatic rings. The average molecular weight is 299 g/mol. The number of rotatable bonds is 3. The summed E-state index contributed by atoms with van der Waals surface area (Å²) in [6.45, 7) is 4.05. The molecular formula is C17H17NO2S. The molecule has 0 saturated carbocycles. The fraction of sp³-hybridized carbons (Fsp3) is 0.235. The lowest BCUT2D eigenvalue weighted by Crippen LogP contribution is -2.11. The van der Waals surface area contributed by atoms with E-state index in [4.69, 9.17) is 5.11 Å². The number of carbonyl (C=O) groups is 1. The number of hydrogen-bond acceptors (Lipinski definition) is 3. The van der Waals surface area contributed by atoms with E-state index < -0.39 is 0 Å². The van der Waals surface area contributed by atoms with E-state index in [9.17, 15) is 4.79 Å². The summed E-state index contributed by atoms with van der Waals surface area (Å²) in [5, 5.41) is 13.4. The van der Waals surface area contributed by atoms with Crippen LogP contribution in [-0.2, 0) is 0 Å². The van der Waals surface area contributed by atoms with E-state index in [-0.39, 0.29) is 12.5 Å². The normalized spacial score (nSPS) is 10.1. The zero-order valence-electron chi connectivity index (χ0n) is 12.0. The van der Waals surface area contributed by atoms with Crippen LogP contribution in [0.2, 0.25) is 0 Å². The molecule has 2 rings (SSSR count). The quantitative estimate of drug-likeness (QED) is 0.853. The first kappa shape index (κ1) is 15.3. The van der Waals surface area contributed by atoms with Crippen LogP contribution in [0.4, 0.5) is 5.69 Å². The van der Waals surface area contributed by atoms with Gasteiger partial charge in [0.05, 0.1) is 0 Å². The summed E-state index contributed by atoms with van der Waals surface area (Å²) in [7, 11) is 0. The minimum atomic E-state index is -0.215. The van der Waals surface area contributed by atoms with Crippen LogP contribution in [-0.4, -0.2) is 17.6 Å². The molecule has 0 fully saturated rings. The number of carbonyl (C=O) groups excluding carboxylic acids is 1. The van der Waals surface area contributed by atoms with Gasteiger partial charge in [-0.05, 0) is 35.1 Å². The topological polar surface area (TPSA) is 49.3 Å². The molecule has 2 N–H and O–H groups in total. The molecule has 0 radical (unpaired) electrons. The summed E-state index contributed by atoms with van der Waals surface area (Å²) in [5.41, 5.74) is 2.64. The Kier molecular flexibility index (Phi) is 5.15. The van der Waals surface area contributed by atoms with Gasteiger partial charge in [0, 0.05) is 11.3 Å². The van der Waals surface area contributed by atoms with Crippen LogP contribution in [0.1, 0.15) is 40.6 Å². The van der Waals surface area contributed by atoms with Crippen molar-refractivity contribution in [2.75, 3.05) is 11.9 Å². The molecule has 0 unspecified atom stereocenters. The first-order valence-corrected chi connectivity index (χ1v) is 7.58. The molecule has 0 aliphatic heterocycles. The summed E-state index contributed by atoms with van der Waals surface area (Å²) in [6.07, 6.45) is 0. The molecule has 21 heavy (non-hydrogen) atoms. The van der Waals surface area contributed by atoms with Crippen molar-refractivity contribution < 1.29 is 9.90 Å². The molecule has 0 atom stereocenters. The highest BCUT2D eigenvalue weighted by Crippen LogP contribution is 2.20. The molecule has 0 aliphatic carbocycles. The highest BCUT2D eigenvalue weighted by atomic mass is 32.1. The van der Waals surface area contributed by atoms with Gasteiger partial charge in [0.2, 0.25) is 0 Å². The number of aliphatic hydroxyl groups excluding tert-OH is 1. The van der Waals surface area contributed by atoms with Crippen molar-refractivity contribution in [1.29, 1.82) is 0 Å². The third-order valence-electron chi connectivity index (χ3n) is 3.01. The maximum atomic E-state index is 12.2. The number of anilines is 1. The van der Waals surface area contributed by atoms with E-state index in [0.29, 0.717) is 16.4 Å². The Morgan fingerprint density at radius 3 is 2.62 bits per heavy atom. The van der Waals surface area contributed by atoms with E-state index >= 15 is 0 Å². The lowest BCUT2D eigenvalue weighted by molar-refractivity contribution is 0.103. The van der Waals surface area contributed by atoms with E-state index in [1.54, 1.807) is 6.07 Å². The molecule has 1 aromatic carbocycles. The van der Waals surface area contributed by atoms with E-state index in [1.165, 1.54) is 16.9 Å². The molecule has 4 heteroatoms. The monoisotopic (exact) mass is 299 g/mol. The maximum Gasteiger partial charge on any atom is 0.267 e. The smallest absolute Gasteiger partial charge is 0.267 e. The van der Waals surface area contributed by atoms with Crippen LogP contribution in [0.3, 0.4) is 0 Å². The van der Waals surface area contributed by atoms with Crippen molar-refractivity contribution in [3.63, 3.8) is 0 Å². The van der Waals surface area contributed by atoms with Gasteiger partial charge < -0.3 is 10.4 Å². The predicted molar refractivity (Wildman–Crippen MR) is 86.8 cm³/mol. The van der Waals surface area contributed by atoms with Crippen molar-refractivity contribution in [3.05, 3.63) is 51.7 Å². The van der Waals surface area contributed by atoms with Gasteiger partial charge in [-0.3, -0.25) is 4.79 Å².